The molecule has 22 heavy (non-hydrogen) atoms. The van der Waals surface area contributed by atoms with Crippen LogP contribution in [0.25, 0.3) is 32.2 Å². The van der Waals surface area contributed by atoms with E-state index >= 15 is 0 Å². The minimum atomic E-state index is -0.345. The van der Waals surface area contributed by atoms with E-state index in [1.165, 1.54) is 18.4 Å². The van der Waals surface area contributed by atoms with Crippen LogP contribution < -0.4 is 0 Å². The van der Waals surface area contributed by atoms with E-state index in [1.807, 2.05) is 24.3 Å². The van der Waals surface area contributed by atoms with Gasteiger partial charge in [0.2, 0.25) is 0 Å². The Balaban J connectivity index is 2.03. The van der Waals surface area contributed by atoms with E-state index in [-0.39, 0.29) is 5.97 Å². The van der Waals surface area contributed by atoms with Crippen molar-refractivity contribution in [2.24, 2.45) is 0 Å². The molecule has 108 valence electrons. The first-order valence-corrected chi connectivity index (χ1v) is 7.54. The molecule has 0 aliphatic heterocycles. The molecule has 0 fully saturated rings. The highest BCUT2D eigenvalue weighted by molar-refractivity contribution is 7.17. The van der Waals surface area contributed by atoms with Gasteiger partial charge in [0, 0.05) is 10.9 Å². The van der Waals surface area contributed by atoms with Gasteiger partial charge >= 0.3 is 5.97 Å². The summed E-state index contributed by atoms with van der Waals surface area (Å²) in [5, 5.41) is 8.10. The molecule has 4 rings (SSSR count). The molecular formula is C16H11N3O2S. The van der Waals surface area contributed by atoms with Gasteiger partial charge in [-0.15, -0.1) is 11.3 Å². The van der Waals surface area contributed by atoms with Gasteiger partial charge in [0.25, 0.3) is 0 Å². The second-order valence-corrected chi connectivity index (χ2v) is 5.67. The maximum atomic E-state index is 11.9. The van der Waals surface area contributed by atoms with Gasteiger partial charge in [-0.05, 0) is 17.7 Å². The number of carbonyl (C=O) groups excluding carboxylic acids is 1. The van der Waals surface area contributed by atoms with Crippen molar-refractivity contribution in [2.75, 3.05) is 7.11 Å². The van der Waals surface area contributed by atoms with E-state index in [0.29, 0.717) is 5.56 Å². The SMILES string of the molecule is COC(=O)c1ccc(-c2cccc3[nH]ncc23)c2ncsc12. The lowest BCUT2D eigenvalue weighted by Crippen LogP contribution is -2.01. The Labute approximate surface area is 129 Å². The average molecular weight is 309 g/mol. The fourth-order valence-electron chi connectivity index (χ4n) is 2.64. The third-order valence-electron chi connectivity index (χ3n) is 3.66. The Bertz CT molecular complexity index is 1000. The topological polar surface area (TPSA) is 67.9 Å². The number of aromatic nitrogens is 3. The van der Waals surface area contributed by atoms with Crippen molar-refractivity contribution < 1.29 is 9.53 Å². The molecule has 0 unspecified atom stereocenters. The van der Waals surface area contributed by atoms with Gasteiger partial charge in [-0.25, -0.2) is 9.78 Å². The Morgan fingerprint density at radius 3 is 3.00 bits per heavy atom. The predicted molar refractivity (Wildman–Crippen MR) is 86.0 cm³/mol. The fraction of sp³-hybridized carbons (Fsp3) is 0.0625. The van der Waals surface area contributed by atoms with Gasteiger partial charge in [-0.3, -0.25) is 5.10 Å². The first-order valence-electron chi connectivity index (χ1n) is 6.66. The summed E-state index contributed by atoms with van der Waals surface area (Å²) in [5.41, 5.74) is 6.09. The number of thiazole rings is 1. The largest absolute Gasteiger partial charge is 0.465 e. The molecule has 0 amide bonds. The van der Waals surface area contributed by atoms with Crippen LogP contribution >= 0.6 is 11.3 Å². The zero-order valence-electron chi connectivity index (χ0n) is 11.7. The summed E-state index contributed by atoms with van der Waals surface area (Å²) in [6, 6.07) is 9.69. The summed E-state index contributed by atoms with van der Waals surface area (Å²) in [7, 11) is 1.38. The number of carbonyl (C=O) groups is 1. The van der Waals surface area contributed by atoms with Crippen molar-refractivity contribution in [1.29, 1.82) is 0 Å². The van der Waals surface area contributed by atoms with Crippen LogP contribution in [0.4, 0.5) is 0 Å². The van der Waals surface area contributed by atoms with Crippen molar-refractivity contribution in [3.8, 4) is 11.1 Å². The van der Waals surface area contributed by atoms with Crippen molar-refractivity contribution in [3.63, 3.8) is 0 Å². The summed E-state index contributed by atoms with van der Waals surface area (Å²) in [6.07, 6.45) is 1.80. The van der Waals surface area contributed by atoms with Crippen LogP contribution in [-0.2, 0) is 4.74 Å². The molecule has 2 heterocycles. The first kappa shape index (κ1) is 13.0. The number of nitrogens with one attached hydrogen (secondary N) is 1. The van der Waals surface area contributed by atoms with Crippen molar-refractivity contribution in [2.45, 2.75) is 0 Å². The third kappa shape index (κ3) is 1.81. The number of ether oxygens (including phenoxy) is 1. The molecule has 5 nitrogen and oxygen atoms in total. The number of benzene rings is 2. The summed E-state index contributed by atoms with van der Waals surface area (Å²) in [4.78, 5) is 16.3. The zero-order chi connectivity index (χ0) is 15.1. The van der Waals surface area contributed by atoms with E-state index in [0.717, 1.165) is 32.2 Å². The first-order chi connectivity index (χ1) is 10.8. The van der Waals surface area contributed by atoms with Crippen molar-refractivity contribution >= 4 is 38.4 Å². The van der Waals surface area contributed by atoms with Crippen LogP contribution in [0, 0.1) is 0 Å². The molecule has 2 aromatic carbocycles. The number of esters is 1. The lowest BCUT2D eigenvalue weighted by atomic mass is 9.99. The van der Waals surface area contributed by atoms with Crippen LogP contribution in [0.3, 0.4) is 0 Å². The van der Waals surface area contributed by atoms with E-state index < -0.39 is 0 Å². The van der Waals surface area contributed by atoms with Crippen LogP contribution in [0.5, 0.6) is 0 Å². The molecule has 0 spiro atoms. The van der Waals surface area contributed by atoms with E-state index in [4.69, 9.17) is 4.74 Å². The molecule has 0 aliphatic carbocycles. The summed E-state index contributed by atoms with van der Waals surface area (Å²) in [5.74, 6) is -0.345. The molecule has 0 atom stereocenters. The minimum Gasteiger partial charge on any atom is -0.465 e. The standard InChI is InChI=1S/C16H11N3O2S/c1-21-16(20)11-6-5-10(14-15(11)22-8-17-14)9-3-2-4-13-12(9)7-18-19-13/h2-8H,1H3,(H,18,19). The zero-order valence-corrected chi connectivity index (χ0v) is 12.5. The van der Waals surface area contributed by atoms with Crippen LogP contribution in [0.1, 0.15) is 10.4 Å². The average Bonchev–Trinajstić information content (AvgIpc) is 3.21. The lowest BCUT2D eigenvalue weighted by Gasteiger charge is -2.07. The number of rotatable bonds is 2. The predicted octanol–water partition coefficient (Wildman–Crippen LogP) is 3.63. The number of H-pyrrole nitrogens is 1. The normalized spacial score (nSPS) is 11.1. The smallest absolute Gasteiger partial charge is 0.339 e. The highest BCUT2D eigenvalue weighted by Crippen LogP contribution is 2.35. The number of aromatic amines is 1. The highest BCUT2D eigenvalue weighted by atomic mass is 32.1. The van der Waals surface area contributed by atoms with Crippen LogP contribution in [-0.4, -0.2) is 28.3 Å². The van der Waals surface area contributed by atoms with E-state index in [2.05, 4.69) is 15.2 Å². The van der Waals surface area contributed by atoms with Crippen molar-refractivity contribution in [3.05, 3.63) is 47.6 Å². The number of fused-ring (bicyclic) bond motifs is 2. The van der Waals surface area contributed by atoms with E-state index in [9.17, 15) is 4.79 Å². The van der Waals surface area contributed by atoms with Gasteiger partial charge in [0.1, 0.15) is 0 Å². The minimum absolute atomic E-state index is 0.345. The molecule has 0 radical (unpaired) electrons. The van der Waals surface area contributed by atoms with Gasteiger partial charge in [-0.1, -0.05) is 18.2 Å². The molecule has 0 bridgehead atoms. The summed E-state index contributed by atoms with van der Waals surface area (Å²) < 4.78 is 5.68. The summed E-state index contributed by atoms with van der Waals surface area (Å²) in [6.45, 7) is 0. The lowest BCUT2D eigenvalue weighted by molar-refractivity contribution is 0.0603. The second-order valence-electron chi connectivity index (χ2n) is 4.82. The molecule has 6 heteroatoms. The fourth-order valence-corrected chi connectivity index (χ4v) is 3.46. The molecule has 0 aliphatic rings. The molecule has 2 aromatic heterocycles. The maximum Gasteiger partial charge on any atom is 0.339 e. The third-order valence-corrected chi connectivity index (χ3v) is 4.52. The summed E-state index contributed by atoms with van der Waals surface area (Å²) >= 11 is 1.44. The van der Waals surface area contributed by atoms with E-state index in [1.54, 1.807) is 17.8 Å². The second kappa shape index (κ2) is 4.92. The number of hydrogen-bond acceptors (Lipinski definition) is 5. The van der Waals surface area contributed by atoms with Gasteiger partial charge in [-0.2, -0.15) is 5.10 Å². The number of nitrogens with zero attached hydrogens (tertiary/aromatic N) is 2. The van der Waals surface area contributed by atoms with Crippen molar-refractivity contribution in [1.82, 2.24) is 15.2 Å². The highest BCUT2D eigenvalue weighted by Gasteiger charge is 2.17. The Kier molecular flexibility index (Phi) is 2.90. The maximum absolute atomic E-state index is 11.9. The Morgan fingerprint density at radius 2 is 2.14 bits per heavy atom. The molecule has 0 saturated carbocycles. The Morgan fingerprint density at radius 1 is 1.23 bits per heavy atom. The molecular weight excluding hydrogens is 298 g/mol. The van der Waals surface area contributed by atoms with Crippen LogP contribution in [0.15, 0.2) is 42.0 Å². The molecule has 4 aromatic rings. The monoisotopic (exact) mass is 309 g/mol. The van der Waals surface area contributed by atoms with Gasteiger partial charge in [0.05, 0.1) is 40.1 Å². The number of hydrogen-bond donors (Lipinski definition) is 1. The quantitative estimate of drug-likeness (QED) is 0.574. The van der Waals surface area contributed by atoms with Gasteiger partial charge in [0.15, 0.2) is 0 Å². The molecule has 1 N–H and O–H groups in total. The molecule has 0 saturated heterocycles. The number of methoxy groups -OCH3 is 1. The Hall–Kier alpha value is -2.73. The van der Waals surface area contributed by atoms with Gasteiger partial charge < -0.3 is 4.74 Å². The van der Waals surface area contributed by atoms with Crippen LogP contribution in [0.2, 0.25) is 0 Å².